The molecular formula is C13H22N2S. The minimum Gasteiger partial charge on any atom is -0.314 e. The zero-order valence-corrected chi connectivity index (χ0v) is 11.1. The zero-order valence-electron chi connectivity index (χ0n) is 10.3. The summed E-state index contributed by atoms with van der Waals surface area (Å²) < 4.78 is 0. The van der Waals surface area contributed by atoms with E-state index in [1.807, 2.05) is 11.7 Å². The van der Waals surface area contributed by atoms with Gasteiger partial charge in [0, 0.05) is 17.1 Å². The topological polar surface area (TPSA) is 24.9 Å². The molecule has 1 aromatic heterocycles. The molecule has 0 radical (unpaired) electrons. The number of hydrogen-bond donors (Lipinski definition) is 1. The molecule has 0 saturated heterocycles. The molecule has 1 heterocycles. The third-order valence-corrected chi connectivity index (χ3v) is 3.85. The standard InChI is InChI=1S/C13H22N2S/c1-10(2)5-11(7-15-12-3-4-12)6-13-8-14-9-16-13/h8-12,15H,3-7H2,1-2H3. The van der Waals surface area contributed by atoms with Crippen LogP contribution in [-0.2, 0) is 6.42 Å². The van der Waals surface area contributed by atoms with Gasteiger partial charge in [0.15, 0.2) is 0 Å². The molecule has 1 atom stereocenters. The van der Waals surface area contributed by atoms with Gasteiger partial charge in [-0.2, -0.15) is 0 Å². The van der Waals surface area contributed by atoms with Crippen LogP contribution < -0.4 is 5.32 Å². The quantitative estimate of drug-likeness (QED) is 0.789. The van der Waals surface area contributed by atoms with Gasteiger partial charge in [0.2, 0.25) is 0 Å². The van der Waals surface area contributed by atoms with Gasteiger partial charge in [0.05, 0.1) is 5.51 Å². The van der Waals surface area contributed by atoms with Crippen molar-refractivity contribution in [3.8, 4) is 0 Å². The van der Waals surface area contributed by atoms with Crippen LogP contribution in [0.4, 0.5) is 0 Å². The molecule has 16 heavy (non-hydrogen) atoms. The van der Waals surface area contributed by atoms with Crippen LogP contribution in [0.5, 0.6) is 0 Å². The Hall–Kier alpha value is -0.410. The van der Waals surface area contributed by atoms with Crippen molar-refractivity contribution in [2.75, 3.05) is 6.54 Å². The van der Waals surface area contributed by atoms with Crippen LogP contribution in [-0.4, -0.2) is 17.6 Å². The van der Waals surface area contributed by atoms with Gasteiger partial charge in [-0.05, 0) is 44.1 Å². The molecule has 0 aliphatic heterocycles. The van der Waals surface area contributed by atoms with Crippen molar-refractivity contribution in [3.05, 3.63) is 16.6 Å². The lowest BCUT2D eigenvalue weighted by Crippen LogP contribution is -2.26. The van der Waals surface area contributed by atoms with Crippen LogP contribution in [0.25, 0.3) is 0 Å². The third-order valence-electron chi connectivity index (χ3n) is 3.05. The van der Waals surface area contributed by atoms with Crippen molar-refractivity contribution in [1.82, 2.24) is 10.3 Å². The van der Waals surface area contributed by atoms with E-state index in [0.29, 0.717) is 0 Å². The predicted octanol–water partition coefficient (Wildman–Crippen LogP) is 3.10. The van der Waals surface area contributed by atoms with Gasteiger partial charge >= 0.3 is 0 Å². The highest BCUT2D eigenvalue weighted by molar-refractivity contribution is 7.09. The van der Waals surface area contributed by atoms with Gasteiger partial charge in [0.25, 0.3) is 0 Å². The Morgan fingerprint density at radius 1 is 1.50 bits per heavy atom. The number of rotatable bonds is 7. The van der Waals surface area contributed by atoms with Crippen molar-refractivity contribution < 1.29 is 0 Å². The summed E-state index contributed by atoms with van der Waals surface area (Å²) in [5, 5.41) is 3.66. The fourth-order valence-corrected chi connectivity index (χ4v) is 2.86. The molecule has 0 amide bonds. The molecule has 1 saturated carbocycles. The maximum atomic E-state index is 4.16. The van der Waals surface area contributed by atoms with Gasteiger partial charge in [-0.25, -0.2) is 0 Å². The lowest BCUT2D eigenvalue weighted by atomic mass is 9.93. The van der Waals surface area contributed by atoms with Gasteiger partial charge in [-0.3, -0.25) is 4.98 Å². The molecule has 3 heteroatoms. The summed E-state index contributed by atoms with van der Waals surface area (Å²) in [5.74, 6) is 1.57. The summed E-state index contributed by atoms with van der Waals surface area (Å²) in [7, 11) is 0. The first-order valence-corrected chi connectivity index (χ1v) is 7.22. The predicted molar refractivity (Wildman–Crippen MR) is 69.8 cm³/mol. The van der Waals surface area contributed by atoms with Gasteiger partial charge in [-0.1, -0.05) is 13.8 Å². The number of nitrogens with zero attached hydrogens (tertiary/aromatic N) is 1. The fourth-order valence-electron chi connectivity index (χ4n) is 2.15. The lowest BCUT2D eigenvalue weighted by Gasteiger charge is -2.18. The van der Waals surface area contributed by atoms with Crippen LogP contribution in [0.1, 0.15) is 38.0 Å². The summed E-state index contributed by atoms with van der Waals surface area (Å²) in [6.45, 7) is 5.81. The summed E-state index contributed by atoms with van der Waals surface area (Å²) in [6.07, 6.45) is 7.30. The second kappa shape index (κ2) is 5.78. The maximum absolute atomic E-state index is 4.16. The number of nitrogens with one attached hydrogen (secondary N) is 1. The van der Waals surface area contributed by atoms with E-state index in [4.69, 9.17) is 0 Å². The fraction of sp³-hybridized carbons (Fsp3) is 0.769. The molecule has 1 N–H and O–H groups in total. The Labute approximate surface area is 102 Å². The Morgan fingerprint density at radius 3 is 2.88 bits per heavy atom. The van der Waals surface area contributed by atoms with Crippen molar-refractivity contribution in [2.24, 2.45) is 11.8 Å². The summed E-state index contributed by atoms with van der Waals surface area (Å²) >= 11 is 1.79. The lowest BCUT2D eigenvalue weighted by molar-refractivity contribution is 0.385. The van der Waals surface area contributed by atoms with Crippen LogP contribution in [0.15, 0.2) is 11.7 Å². The van der Waals surface area contributed by atoms with Crippen LogP contribution in [0, 0.1) is 11.8 Å². The Morgan fingerprint density at radius 2 is 2.31 bits per heavy atom. The van der Waals surface area contributed by atoms with Gasteiger partial charge in [0.1, 0.15) is 0 Å². The Bertz CT molecular complexity index is 291. The molecule has 2 nitrogen and oxygen atoms in total. The second-order valence-corrected chi connectivity index (χ2v) is 6.32. The minimum absolute atomic E-state index is 0.779. The molecule has 0 bridgehead atoms. The van der Waals surface area contributed by atoms with E-state index in [2.05, 4.69) is 24.1 Å². The van der Waals surface area contributed by atoms with E-state index in [1.165, 1.54) is 37.1 Å². The molecule has 2 rings (SSSR count). The average molecular weight is 238 g/mol. The van der Waals surface area contributed by atoms with Gasteiger partial charge in [-0.15, -0.1) is 11.3 Å². The number of aromatic nitrogens is 1. The van der Waals surface area contributed by atoms with E-state index in [-0.39, 0.29) is 0 Å². The maximum Gasteiger partial charge on any atom is 0.0794 e. The minimum atomic E-state index is 0.779. The summed E-state index contributed by atoms with van der Waals surface area (Å²) in [6, 6.07) is 0.830. The van der Waals surface area contributed by atoms with Crippen molar-refractivity contribution in [2.45, 2.75) is 45.6 Å². The SMILES string of the molecule is CC(C)CC(CNC1CC1)Cc1cncs1. The molecule has 1 aromatic rings. The number of thiazole rings is 1. The molecule has 1 aliphatic carbocycles. The molecule has 1 aliphatic rings. The highest BCUT2D eigenvalue weighted by Gasteiger charge is 2.22. The normalized spacial score (nSPS) is 17.9. The number of hydrogen-bond acceptors (Lipinski definition) is 3. The average Bonchev–Trinajstić information content (AvgIpc) is 2.92. The third kappa shape index (κ3) is 4.22. The van der Waals surface area contributed by atoms with Crippen molar-refractivity contribution in [1.29, 1.82) is 0 Å². The van der Waals surface area contributed by atoms with Crippen LogP contribution >= 0.6 is 11.3 Å². The van der Waals surface area contributed by atoms with E-state index in [1.54, 1.807) is 11.3 Å². The first-order valence-electron chi connectivity index (χ1n) is 6.34. The summed E-state index contributed by atoms with van der Waals surface area (Å²) in [5.41, 5.74) is 1.94. The van der Waals surface area contributed by atoms with E-state index in [9.17, 15) is 0 Å². The highest BCUT2D eigenvalue weighted by Crippen LogP contribution is 2.22. The molecule has 0 aromatic carbocycles. The van der Waals surface area contributed by atoms with Crippen molar-refractivity contribution >= 4 is 11.3 Å². The summed E-state index contributed by atoms with van der Waals surface area (Å²) in [4.78, 5) is 5.59. The van der Waals surface area contributed by atoms with Gasteiger partial charge < -0.3 is 5.32 Å². The molecule has 90 valence electrons. The first-order chi connectivity index (χ1) is 7.74. The molecule has 0 spiro atoms. The second-order valence-electron chi connectivity index (χ2n) is 5.35. The van der Waals surface area contributed by atoms with Crippen LogP contribution in [0.3, 0.4) is 0 Å². The van der Waals surface area contributed by atoms with E-state index in [0.717, 1.165) is 17.9 Å². The monoisotopic (exact) mass is 238 g/mol. The smallest absolute Gasteiger partial charge is 0.0794 e. The van der Waals surface area contributed by atoms with E-state index >= 15 is 0 Å². The molecule has 1 fully saturated rings. The highest BCUT2D eigenvalue weighted by atomic mass is 32.1. The zero-order chi connectivity index (χ0) is 11.4. The molecular weight excluding hydrogens is 216 g/mol. The van der Waals surface area contributed by atoms with E-state index < -0.39 is 0 Å². The Balaban J connectivity index is 1.80. The van der Waals surface area contributed by atoms with Crippen LogP contribution in [0.2, 0.25) is 0 Å². The van der Waals surface area contributed by atoms with Crippen molar-refractivity contribution in [3.63, 3.8) is 0 Å². The Kier molecular flexibility index (Phi) is 4.36. The largest absolute Gasteiger partial charge is 0.314 e. The molecule has 1 unspecified atom stereocenters. The first kappa shape index (κ1) is 12.1.